The molecule has 2 aromatic carbocycles. The first kappa shape index (κ1) is 27.2. The van der Waals surface area contributed by atoms with E-state index in [1.165, 1.54) is 83.8 Å². The van der Waals surface area contributed by atoms with Crippen molar-refractivity contribution in [2.75, 3.05) is 20.8 Å². The Morgan fingerprint density at radius 2 is 1.44 bits per heavy atom. The van der Waals surface area contributed by atoms with Gasteiger partial charge in [-0.2, -0.15) is 0 Å². The van der Waals surface area contributed by atoms with E-state index in [-0.39, 0.29) is 39.4 Å². The van der Waals surface area contributed by atoms with Crippen molar-refractivity contribution in [2.45, 2.75) is 71.1 Å². The van der Waals surface area contributed by atoms with Gasteiger partial charge in [-0.25, -0.2) is 0 Å². The zero-order valence-electron chi connectivity index (χ0n) is 21.6. The van der Waals surface area contributed by atoms with E-state index in [0.29, 0.717) is 23.7 Å². The number of methoxy groups -OCH3 is 2. The molecule has 0 spiro atoms. The third-order valence-corrected chi connectivity index (χ3v) is 6.33. The van der Waals surface area contributed by atoms with Crippen LogP contribution in [0.25, 0.3) is 22.3 Å². The average molecular weight is 499 g/mol. The van der Waals surface area contributed by atoms with Crippen LogP contribution in [0.3, 0.4) is 0 Å². The molecule has 1 heterocycles. The van der Waals surface area contributed by atoms with Gasteiger partial charge in [0.2, 0.25) is 5.75 Å². The van der Waals surface area contributed by atoms with E-state index >= 15 is 0 Å². The van der Waals surface area contributed by atoms with Crippen LogP contribution in [0.4, 0.5) is 0 Å². The van der Waals surface area contributed by atoms with Crippen LogP contribution < -0.4 is 19.6 Å². The number of hydrogen-bond donors (Lipinski definition) is 2. The highest BCUT2D eigenvalue weighted by atomic mass is 16.5. The fourth-order valence-electron chi connectivity index (χ4n) is 4.30. The highest BCUT2D eigenvalue weighted by Crippen LogP contribution is 2.42. The Kier molecular flexibility index (Phi) is 10.3. The van der Waals surface area contributed by atoms with E-state index in [1.807, 2.05) is 0 Å². The quantitative estimate of drug-likeness (QED) is 0.169. The zero-order valence-corrected chi connectivity index (χ0v) is 21.6. The lowest BCUT2D eigenvalue weighted by Crippen LogP contribution is -2.07. The minimum absolute atomic E-state index is 0.199. The summed E-state index contributed by atoms with van der Waals surface area (Å²) in [4.78, 5) is 13.2. The first-order valence-electron chi connectivity index (χ1n) is 12.9. The molecule has 0 atom stereocenters. The molecule has 0 unspecified atom stereocenters. The first-order chi connectivity index (χ1) is 17.5. The molecule has 0 radical (unpaired) electrons. The van der Waals surface area contributed by atoms with Crippen molar-refractivity contribution in [3.05, 3.63) is 40.6 Å². The van der Waals surface area contributed by atoms with Crippen molar-refractivity contribution >= 4 is 11.0 Å². The predicted octanol–water partition coefficient (Wildman–Crippen LogP) is 7.19. The van der Waals surface area contributed by atoms with Gasteiger partial charge in [-0.1, -0.05) is 64.7 Å². The second-order valence-corrected chi connectivity index (χ2v) is 9.02. The van der Waals surface area contributed by atoms with Crippen LogP contribution in [0.1, 0.15) is 71.1 Å². The number of phenols is 2. The molecule has 7 nitrogen and oxygen atoms in total. The molecule has 3 rings (SSSR count). The van der Waals surface area contributed by atoms with Crippen molar-refractivity contribution < 1.29 is 28.8 Å². The maximum Gasteiger partial charge on any atom is 0.205 e. The molecule has 0 aliphatic rings. The lowest BCUT2D eigenvalue weighted by Gasteiger charge is -2.15. The Bertz CT molecular complexity index is 1180. The third-order valence-electron chi connectivity index (χ3n) is 6.33. The third kappa shape index (κ3) is 6.86. The van der Waals surface area contributed by atoms with Gasteiger partial charge in [-0.05, 0) is 24.6 Å². The predicted molar refractivity (Wildman–Crippen MR) is 142 cm³/mol. The van der Waals surface area contributed by atoms with Gasteiger partial charge in [0.1, 0.15) is 16.9 Å². The smallest absolute Gasteiger partial charge is 0.205 e. The molecule has 0 aliphatic heterocycles. The lowest BCUT2D eigenvalue weighted by atomic mass is 10.1. The number of fused-ring (bicyclic) bond motifs is 1. The Hall–Kier alpha value is -3.35. The standard InChI is InChI=1S/C29H38O7/c1-4-5-6-7-8-9-10-11-12-13-16-35-25-19-26(33-2)28(34-3)29-27(25)23(32)18-24(36-29)20-14-15-21(30)22(31)17-20/h14-15,17-19,30-31H,4-13,16H2,1-3H3. The molecule has 0 aliphatic carbocycles. The van der Waals surface area contributed by atoms with Gasteiger partial charge >= 0.3 is 0 Å². The van der Waals surface area contributed by atoms with Crippen LogP contribution in [0, 0.1) is 0 Å². The number of ether oxygens (including phenoxy) is 3. The fourth-order valence-corrected chi connectivity index (χ4v) is 4.30. The molecule has 0 bridgehead atoms. The summed E-state index contributed by atoms with van der Waals surface area (Å²) >= 11 is 0. The van der Waals surface area contributed by atoms with Crippen LogP contribution in [0.2, 0.25) is 0 Å². The molecule has 3 aromatic rings. The average Bonchev–Trinajstić information content (AvgIpc) is 2.88. The Labute approximate surface area is 212 Å². The van der Waals surface area contributed by atoms with E-state index in [0.717, 1.165) is 12.8 Å². The number of aromatic hydroxyl groups is 2. The van der Waals surface area contributed by atoms with E-state index < -0.39 is 0 Å². The highest BCUT2D eigenvalue weighted by molar-refractivity contribution is 5.92. The maximum absolute atomic E-state index is 13.2. The van der Waals surface area contributed by atoms with Crippen LogP contribution in [-0.2, 0) is 0 Å². The van der Waals surface area contributed by atoms with Crippen LogP contribution in [0.15, 0.2) is 39.5 Å². The number of benzene rings is 2. The van der Waals surface area contributed by atoms with Crippen molar-refractivity contribution in [3.63, 3.8) is 0 Å². The molecule has 2 N–H and O–H groups in total. The molecule has 196 valence electrons. The van der Waals surface area contributed by atoms with Crippen LogP contribution in [-0.4, -0.2) is 31.0 Å². The molecular weight excluding hydrogens is 460 g/mol. The van der Waals surface area contributed by atoms with Crippen molar-refractivity contribution in [1.29, 1.82) is 0 Å². The summed E-state index contributed by atoms with van der Waals surface area (Å²) in [7, 11) is 2.98. The minimum atomic E-state index is -0.312. The Balaban J connectivity index is 1.72. The number of hydrogen-bond acceptors (Lipinski definition) is 7. The van der Waals surface area contributed by atoms with Crippen molar-refractivity contribution in [3.8, 4) is 40.1 Å². The van der Waals surface area contributed by atoms with Gasteiger partial charge < -0.3 is 28.8 Å². The monoisotopic (exact) mass is 498 g/mol. The fraction of sp³-hybridized carbons (Fsp3) is 0.483. The van der Waals surface area contributed by atoms with E-state index in [9.17, 15) is 15.0 Å². The summed E-state index contributed by atoms with van der Waals surface area (Å²) in [5.41, 5.74) is 0.324. The summed E-state index contributed by atoms with van der Waals surface area (Å²) in [6, 6.07) is 7.20. The number of rotatable bonds is 15. The topological polar surface area (TPSA) is 98.4 Å². The normalized spacial score (nSPS) is 11.1. The van der Waals surface area contributed by atoms with Gasteiger partial charge in [0.25, 0.3) is 0 Å². The van der Waals surface area contributed by atoms with Crippen molar-refractivity contribution in [2.24, 2.45) is 0 Å². The summed E-state index contributed by atoms with van der Waals surface area (Å²) < 4.78 is 23.1. The molecular formula is C29H38O7. The molecule has 1 aromatic heterocycles. The Morgan fingerprint density at radius 1 is 0.778 bits per heavy atom. The van der Waals surface area contributed by atoms with Crippen LogP contribution in [0.5, 0.6) is 28.7 Å². The van der Waals surface area contributed by atoms with E-state index in [2.05, 4.69) is 6.92 Å². The molecule has 0 fully saturated rings. The van der Waals surface area contributed by atoms with Gasteiger partial charge in [0.15, 0.2) is 28.3 Å². The summed E-state index contributed by atoms with van der Waals surface area (Å²) in [6.45, 7) is 2.72. The minimum Gasteiger partial charge on any atom is -0.504 e. The zero-order chi connectivity index (χ0) is 25.9. The van der Waals surface area contributed by atoms with Gasteiger partial charge in [-0.3, -0.25) is 4.79 Å². The van der Waals surface area contributed by atoms with Gasteiger partial charge in [0, 0.05) is 17.7 Å². The molecule has 7 heteroatoms. The second kappa shape index (κ2) is 13.7. The second-order valence-electron chi connectivity index (χ2n) is 9.02. The largest absolute Gasteiger partial charge is 0.504 e. The summed E-state index contributed by atoms with van der Waals surface area (Å²) in [5.74, 6) is 0.692. The maximum atomic E-state index is 13.2. The molecule has 0 amide bonds. The number of phenolic OH excluding ortho intramolecular Hbond substituents is 2. The van der Waals surface area contributed by atoms with Crippen molar-refractivity contribution in [1.82, 2.24) is 0 Å². The SMILES string of the molecule is CCCCCCCCCCCCOc1cc(OC)c(OC)c2oc(-c3ccc(O)c(O)c3)cc(=O)c12. The van der Waals surface area contributed by atoms with Crippen LogP contribution >= 0.6 is 0 Å². The van der Waals surface area contributed by atoms with Gasteiger partial charge in [0.05, 0.1) is 20.8 Å². The lowest BCUT2D eigenvalue weighted by molar-refractivity contribution is 0.302. The highest BCUT2D eigenvalue weighted by Gasteiger charge is 2.21. The summed E-state index contributed by atoms with van der Waals surface area (Å²) in [5, 5.41) is 19.7. The first-order valence-corrected chi connectivity index (χ1v) is 12.9. The van der Waals surface area contributed by atoms with E-state index in [4.69, 9.17) is 18.6 Å². The summed E-state index contributed by atoms with van der Waals surface area (Å²) in [6.07, 6.45) is 12.3. The molecule has 0 saturated heterocycles. The Morgan fingerprint density at radius 3 is 2.06 bits per heavy atom. The molecule has 0 saturated carbocycles. The van der Waals surface area contributed by atoms with E-state index in [1.54, 1.807) is 12.1 Å². The van der Waals surface area contributed by atoms with Gasteiger partial charge in [-0.15, -0.1) is 0 Å². The molecule has 36 heavy (non-hydrogen) atoms. The number of unbranched alkanes of at least 4 members (excludes halogenated alkanes) is 9.